The Morgan fingerprint density at radius 3 is 2.39 bits per heavy atom. The summed E-state index contributed by atoms with van der Waals surface area (Å²) in [6.45, 7) is 0.512. The molecule has 1 aliphatic carbocycles. The van der Waals surface area contributed by atoms with E-state index in [1.54, 1.807) is 5.06 Å². The van der Waals surface area contributed by atoms with Gasteiger partial charge in [0.05, 0.1) is 26.4 Å². The van der Waals surface area contributed by atoms with E-state index in [0.29, 0.717) is 19.4 Å². The highest BCUT2D eigenvalue weighted by molar-refractivity contribution is 6.01. The minimum Gasteiger partial charge on any atom is -0.468 e. The summed E-state index contributed by atoms with van der Waals surface area (Å²) in [5.41, 5.74) is -0.247. The predicted molar refractivity (Wildman–Crippen MR) is 81.0 cm³/mol. The minimum atomic E-state index is -1.31. The van der Waals surface area contributed by atoms with Gasteiger partial charge in [-0.15, -0.1) is 0 Å². The Kier molecular flexibility index (Phi) is 4.37. The van der Waals surface area contributed by atoms with Gasteiger partial charge in [0.15, 0.2) is 5.41 Å². The second kappa shape index (κ2) is 6.29. The Bertz CT molecular complexity index is 572. The van der Waals surface area contributed by atoms with Crippen molar-refractivity contribution < 1.29 is 23.9 Å². The first-order valence-corrected chi connectivity index (χ1v) is 7.76. The van der Waals surface area contributed by atoms with E-state index in [1.807, 2.05) is 30.3 Å². The average Bonchev–Trinajstić information content (AvgIpc) is 2.61. The van der Waals surface area contributed by atoms with Crippen LogP contribution in [0.4, 0.5) is 0 Å². The van der Waals surface area contributed by atoms with Crippen molar-refractivity contribution >= 4 is 11.9 Å². The molecule has 2 heterocycles. The van der Waals surface area contributed by atoms with Gasteiger partial charge >= 0.3 is 11.9 Å². The van der Waals surface area contributed by atoms with Crippen molar-refractivity contribution in [3.8, 4) is 0 Å². The van der Waals surface area contributed by atoms with Crippen LogP contribution >= 0.6 is 0 Å². The zero-order valence-corrected chi connectivity index (χ0v) is 13.4. The number of benzene rings is 1. The molecule has 0 spiro atoms. The molecule has 0 amide bonds. The number of hydrogen-bond acceptors (Lipinski definition) is 6. The topological polar surface area (TPSA) is 65.1 Å². The second-order valence-electron chi connectivity index (χ2n) is 6.04. The first kappa shape index (κ1) is 16.0. The summed E-state index contributed by atoms with van der Waals surface area (Å²) in [5.74, 6) is -1.08. The van der Waals surface area contributed by atoms with E-state index in [0.717, 1.165) is 12.0 Å². The van der Waals surface area contributed by atoms with Gasteiger partial charge < -0.3 is 9.47 Å². The summed E-state index contributed by atoms with van der Waals surface area (Å²) in [5, 5.41) is 1.75. The summed E-state index contributed by atoms with van der Waals surface area (Å²) < 4.78 is 9.89. The fourth-order valence-corrected chi connectivity index (χ4v) is 3.73. The van der Waals surface area contributed by atoms with Crippen LogP contribution in [0.3, 0.4) is 0 Å². The molecule has 3 fully saturated rings. The minimum absolute atomic E-state index is 0.179. The van der Waals surface area contributed by atoms with Gasteiger partial charge in [0.25, 0.3) is 0 Å². The lowest BCUT2D eigenvalue weighted by Crippen LogP contribution is -2.65. The number of ether oxygens (including phenoxy) is 2. The average molecular weight is 319 g/mol. The third kappa shape index (κ3) is 2.62. The van der Waals surface area contributed by atoms with E-state index in [9.17, 15) is 9.59 Å². The van der Waals surface area contributed by atoms with Crippen LogP contribution < -0.4 is 0 Å². The van der Waals surface area contributed by atoms with E-state index >= 15 is 0 Å². The van der Waals surface area contributed by atoms with Crippen LogP contribution in [-0.4, -0.2) is 43.4 Å². The molecule has 23 heavy (non-hydrogen) atoms. The number of carbonyl (C=O) groups is 2. The Morgan fingerprint density at radius 1 is 1.17 bits per heavy atom. The van der Waals surface area contributed by atoms with Gasteiger partial charge in [0.1, 0.15) is 0 Å². The normalized spacial score (nSPS) is 25.8. The number of esters is 2. The van der Waals surface area contributed by atoms with Gasteiger partial charge in [-0.2, -0.15) is 5.06 Å². The number of methoxy groups -OCH3 is 2. The summed E-state index contributed by atoms with van der Waals surface area (Å²) in [4.78, 5) is 30.9. The standard InChI is InChI=1S/C17H21NO5/c1-21-15(19)17(16(20)22-2)10-13-8-9-14(17)18(23-13)11-12-6-4-3-5-7-12/h3-7,13-14H,8-11H2,1-2H3. The molecule has 0 N–H and O–H groups in total. The molecule has 4 rings (SSSR count). The second-order valence-corrected chi connectivity index (χ2v) is 6.04. The molecule has 6 nitrogen and oxygen atoms in total. The van der Waals surface area contributed by atoms with Crippen molar-refractivity contribution in [3.05, 3.63) is 35.9 Å². The highest BCUT2D eigenvalue weighted by Crippen LogP contribution is 2.47. The smallest absolute Gasteiger partial charge is 0.325 e. The molecule has 2 aliphatic heterocycles. The van der Waals surface area contributed by atoms with Crippen molar-refractivity contribution in [3.63, 3.8) is 0 Å². The predicted octanol–water partition coefficient (Wildman–Crippen LogP) is 1.69. The van der Waals surface area contributed by atoms with Crippen LogP contribution in [0.2, 0.25) is 0 Å². The van der Waals surface area contributed by atoms with Crippen LogP contribution in [0.25, 0.3) is 0 Å². The van der Waals surface area contributed by atoms with E-state index in [4.69, 9.17) is 14.3 Å². The number of carbonyl (C=O) groups excluding carboxylic acids is 2. The molecule has 1 saturated carbocycles. The molecule has 1 aromatic rings. The van der Waals surface area contributed by atoms with Crippen molar-refractivity contribution in [2.45, 2.75) is 38.0 Å². The van der Waals surface area contributed by atoms with E-state index in [-0.39, 0.29) is 12.1 Å². The fraction of sp³-hybridized carbons (Fsp3) is 0.529. The largest absolute Gasteiger partial charge is 0.468 e. The first-order valence-electron chi connectivity index (χ1n) is 7.76. The molecule has 2 unspecified atom stereocenters. The van der Waals surface area contributed by atoms with Crippen LogP contribution in [0, 0.1) is 5.41 Å². The number of nitrogens with zero attached hydrogens (tertiary/aromatic N) is 1. The van der Waals surface area contributed by atoms with Gasteiger partial charge in [0, 0.05) is 13.0 Å². The molecule has 0 radical (unpaired) electrons. The molecule has 2 bridgehead atoms. The molecule has 0 aromatic heterocycles. The zero-order chi connectivity index (χ0) is 16.4. The molecular weight excluding hydrogens is 298 g/mol. The van der Waals surface area contributed by atoms with Gasteiger partial charge in [-0.05, 0) is 18.4 Å². The van der Waals surface area contributed by atoms with Crippen molar-refractivity contribution in [2.75, 3.05) is 14.2 Å². The third-order valence-corrected chi connectivity index (χ3v) is 4.79. The maximum atomic E-state index is 12.5. The molecule has 124 valence electrons. The quantitative estimate of drug-likeness (QED) is 0.621. The third-order valence-electron chi connectivity index (χ3n) is 4.79. The SMILES string of the molecule is COC(=O)C1(C(=O)OC)CC2CCC1N(Cc1ccccc1)O2. The summed E-state index contributed by atoms with van der Waals surface area (Å²) in [6.07, 6.45) is 1.65. The van der Waals surface area contributed by atoms with Gasteiger partial charge in [0.2, 0.25) is 0 Å². The molecule has 2 atom stereocenters. The van der Waals surface area contributed by atoms with Gasteiger partial charge in [-0.1, -0.05) is 30.3 Å². The lowest BCUT2D eigenvalue weighted by molar-refractivity contribution is -0.313. The van der Waals surface area contributed by atoms with Gasteiger partial charge in [-0.25, -0.2) is 0 Å². The van der Waals surface area contributed by atoms with Crippen molar-refractivity contribution in [2.24, 2.45) is 5.41 Å². The van der Waals surface area contributed by atoms with E-state index in [2.05, 4.69) is 0 Å². The van der Waals surface area contributed by atoms with E-state index in [1.165, 1.54) is 14.2 Å². The lowest BCUT2D eigenvalue weighted by Gasteiger charge is -2.52. The number of rotatable bonds is 4. The number of fused-ring (bicyclic) bond motifs is 3. The Balaban J connectivity index is 1.92. The zero-order valence-electron chi connectivity index (χ0n) is 13.4. The molecule has 2 saturated heterocycles. The van der Waals surface area contributed by atoms with Crippen LogP contribution in [0.15, 0.2) is 30.3 Å². The highest BCUT2D eigenvalue weighted by atomic mass is 16.7. The molecular formula is C17H21NO5. The molecule has 1 aromatic carbocycles. The maximum Gasteiger partial charge on any atom is 0.325 e. The number of hydrogen-bond donors (Lipinski definition) is 0. The van der Waals surface area contributed by atoms with Crippen LogP contribution in [-0.2, 0) is 30.4 Å². The van der Waals surface area contributed by atoms with Crippen molar-refractivity contribution in [1.82, 2.24) is 5.06 Å². The van der Waals surface area contributed by atoms with Crippen molar-refractivity contribution in [1.29, 1.82) is 0 Å². The van der Waals surface area contributed by atoms with Crippen LogP contribution in [0.5, 0.6) is 0 Å². The highest BCUT2D eigenvalue weighted by Gasteiger charge is 2.63. The summed E-state index contributed by atoms with van der Waals surface area (Å²) in [6, 6.07) is 9.44. The Morgan fingerprint density at radius 2 is 1.83 bits per heavy atom. The Labute approximate surface area is 135 Å². The molecule has 3 aliphatic rings. The summed E-state index contributed by atoms with van der Waals surface area (Å²) >= 11 is 0. The fourth-order valence-electron chi connectivity index (χ4n) is 3.73. The van der Waals surface area contributed by atoms with E-state index < -0.39 is 17.4 Å². The Hall–Kier alpha value is -1.92. The van der Waals surface area contributed by atoms with Crippen LogP contribution in [0.1, 0.15) is 24.8 Å². The monoisotopic (exact) mass is 319 g/mol. The maximum absolute atomic E-state index is 12.5. The summed E-state index contributed by atoms with van der Waals surface area (Å²) in [7, 11) is 2.61. The van der Waals surface area contributed by atoms with Gasteiger partial charge in [-0.3, -0.25) is 14.4 Å². The lowest BCUT2D eigenvalue weighted by atomic mass is 9.67. The first-order chi connectivity index (χ1) is 11.1. The molecule has 6 heteroatoms. The number of hydroxylamine groups is 2.